The predicted molar refractivity (Wildman–Crippen MR) is 65.1 cm³/mol. The van der Waals surface area contributed by atoms with Crippen LogP contribution in [0, 0.1) is 0 Å². The molecule has 4 nitrogen and oxygen atoms in total. The first kappa shape index (κ1) is 12.7. The molecule has 1 heterocycles. The van der Waals surface area contributed by atoms with E-state index in [2.05, 4.69) is 0 Å². The van der Waals surface area contributed by atoms with Gasteiger partial charge in [0, 0.05) is 5.56 Å². The maximum atomic E-state index is 11.3. The molecular weight excluding hydrogens is 264 g/mol. The Labute approximate surface area is 105 Å². The van der Waals surface area contributed by atoms with E-state index in [0.29, 0.717) is 22.8 Å². The smallest absolute Gasteiger partial charge is 0.154 e. The third-order valence-corrected chi connectivity index (χ3v) is 4.73. The van der Waals surface area contributed by atoms with Crippen molar-refractivity contribution in [3.63, 3.8) is 0 Å². The van der Waals surface area contributed by atoms with Gasteiger partial charge in [0.05, 0.1) is 23.1 Å². The van der Waals surface area contributed by atoms with Crippen LogP contribution in [0.1, 0.15) is 12.0 Å². The van der Waals surface area contributed by atoms with Crippen molar-refractivity contribution >= 4 is 21.4 Å². The number of benzene rings is 1. The molecular formula is C11H13ClO4S. The van der Waals surface area contributed by atoms with Gasteiger partial charge in [-0.1, -0.05) is 23.7 Å². The highest BCUT2D eigenvalue weighted by molar-refractivity contribution is 7.91. The highest BCUT2D eigenvalue weighted by Crippen LogP contribution is 2.31. The Morgan fingerprint density at radius 2 is 2.24 bits per heavy atom. The van der Waals surface area contributed by atoms with E-state index in [1.165, 1.54) is 0 Å². The van der Waals surface area contributed by atoms with Crippen LogP contribution in [0.4, 0.5) is 0 Å². The van der Waals surface area contributed by atoms with Gasteiger partial charge in [-0.15, -0.1) is 0 Å². The minimum Gasteiger partial charge on any atom is -0.487 e. The van der Waals surface area contributed by atoms with Crippen LogP contribution in [0.15, 0.2) is 18.2 Å². The summed E-state index contributed by atoms with van der Waals surface area (Å²) in [4.78, 5) is 0. The van der Waals surface area contributed by atoms with Gasteiger partial charge in [-0.25, -0.2) is 8.42 Å². The number of sulfone groups is 1. The molecule has 1 atom stereocenters. The zero-order chi connectivity index (χ0) is 12.5. The molecule has 1 aliphatic rings. The average Bonchev–Trinajstić information content (AvgIpc) is 2.61. The molecule has 1 unspecified atom stereocenters. The molecule has 0 spiro atoms. The Kier molecular flexibility index (Phi) is 3.61. The molecule has 1 aliphatic heterocycles. The fourth-order valence-electron chi connectivity index (χ4n) is 1.83. The molecule has 6 heteroatoms. The molecule has 94 valence electrons. The Balaban J connectivity index is 2.19. The van der Waals surface area contributed by atoms with Gasteiger partial charge in [-0.05, 0) is 12.5 Å². The highest BCUT2D eigenvalue weighted by Gasteiger charge is 2.30. The molecule has 0 radical (unpaired) electrons. The lowest BCUT2D eigenvalue weighted by Crippen LogP contribution is -2.18. The quantitative estimate of drug-likeness (QED) is 0.906. The van der Waals surface area contributed by atoms with Gasteiger partial charge < -0.3 is 9.84 Å². The van der Waals surface area contributed by atoms with Crippen molar-refractivity contribution in [3.05, 3.63) is 28.8 Å². The second kappa shape index (κ2) is 4.84. The van der Waals surface area contributed by atoms with Gasteiger partial charge >= 0.3 is 0 Å². The summed E-state index contributed by atoms with van der Waals surface area (Å²) in [6.07, 6.45) is 0.100. The molecule has 0 amide bonds. The summed E-state index contributed by atoms with van der Waals surface area (Å²) < 4.78 is 28.2. The fourth-order valence-corrected chi connectivity index (χ4v) is 3.66. The summed E-state index contributed by atoms with van der Waals surface area (Å²) >= 11 is 5.97. The second-order valence-electron chi connectivity index (χ2n) is 4.03. The number of hydrogen-bond donors (Lipinski definition) is 1. The van der Waals surface area contributed by atoms with Crippen LogP contribution >= 0.6 is 11.6 Å². The molecule has 1 N–H and O–H groups in total. The van der Waals surface area contributed by atoms with E-state index in [0.717, 1.165) is 0 Å². The topological polar surface area (TPSA) is 63.6 Å². The van der Waals surface area contributed by atoms with Crippen molar-refractivity contribution in [1.82, 2.24) is 0 Å². The van der Waals surface area contributed by atoms with Crippen LogP contribution in [0.25, 0.3) is 0 Å². The molecule has 1 aromatic rings. The lowest BCUT2D eigenvalue weighted by atomic mass is 10.2. The fraction of sp³-hybridized carbons (Fsp3) is 0.455. The summed E-state index contributed by atoms with van der Waals surface area (Å²) in [7, 11) is -2.98. The van der Waals surface area contributed by atoms with Crippen LogP contribution in [-0.4, -0.2) is 31.1 Å². The van der Waals surface area contributed by atoms with Gasteiger partial charge in [0.2, 0.25) is 0 Å². The van der Waals surface area contributed by atoms with Crippen molar-refractivity contribution in [2.45, 2.75) is 19.1 Å². The maximum Gasteiger partial charge on any atom is 0.154 e. The van der Waals surface area contributed by atoms with Crippen molar-refractivity contribution in [1.29, 1.82) is 0 Å². The van der Waals surface area contributed by atoms with Crippen molar-refractivity contribution in [2.24, 2.45) is 0 Å². The van der Waals surface area contributed by atoms with Gasteiger partial charge in [0.15, 0.2) is 9.84 Å². The van der Waals surface area contributed by atoms with Gasteiger partial charge in [-0.3, -0.25) is 0 Å². The summed E-state index contributed by atoms with van der Waals surface area (Å²) in [5.41, 5.74) is 0.571. The highest BCUT2D eigenvalue weighted by atomic mass is 35.5. The molecule has 1 fully saturated rings. The summed E-state index contributed by atoms with van der Waals surface area (Å²) in [6.45, 7) is -0.185. The average molecular weight is 277 g/mol. The number of aliphatic hydroxyl groups is 1. The summed E-state index contributed by atoms with van der Waals surface area (Å²) in [6, 6.07) is 5.07. The van der Waals surface area contributed by atoms with E-state index in [9.17, 15) is 8.42 Å². The number of halogens is 1. The largest absolute Gasteiger partial charge is 0.487 e. The van der Waals surface area contributed by atoms with Crippen molar-refractivity contribution < 1.29 is 18.3 Å². The van der Waals surface area contributed by atoms with Crippen molar-refractivity contribution in [3.8, 4) is 5.75 Å². The Morgan fingerprint density at radius 3 is 2.82 bits per heavy atom. The number of hydrogen-bond acceptors (Lipinski definition) is 4. The minimum absolute atomic E-state index is 0.0170. The van der Waals surface area contributed by atoms with Crippen LogP contribution in [0.3, 0.4) is 0 Å². The number of ether oxygens (including phenoxy) is 1. The normalized spacial score (nSPS) is 22.6. The molecule has 2 rings (SSSR count). The van der Waals surface area contributed by atoms with E-state index in [1.807, 2.05) is 0 Å². The standard InChI is InChI=1S/C11H13ClO4S/c12-10-3-1-2-8(6-13)11(10)16-9-4-5-17(14,15)7-9/h1-3,9,13H,4-7H2. The van der Waals surface area contributed by atoms with Gasteiger partial charge in [0.25, 0.3) is 0 Å². The number of aliphatic hydroxyl groups excluding tert-OH is 1. The molecule has 0 aliphatic carbocycles. The van der Waals surface area contributed by atoms with E-state index in [1.54, 1.807) is 18.2 Å². The first-order chi connectivity index (χ1) is 8.02. The Hall–Kier alpha value is -0.780. The zero-order valence-electron chi connectivity index (χ0n) is 9.10. The van der Waals surface area contributed by atoms with E-state index < -0.39 is 9.84 Å². The minimum atomic E-state index is -2.98. The van der Waals surface area contributed by atoms with E-state index in [4.69, 9.17) is 21.4 Å². The summed E-state index contributed by atoms with van der Waals surface area (Å²) in [5, 5.41) is 9.55. The van der Waals surface area contributed by atoms with Crippen LogP contribution < -0.4 is 4.74 Å². The summed E-state index contributed by atoms with van der Waals surface area (Å²) in [5.74, 6) is 0.554. The van der Waals surface area contributed by atoms with Gasteiger partial charge in [-0.2, -0.15) is 0 Å². The van der Waals surface area contributed by atoms with Gasteiger partial charge in [0.1, 0.15) is 11.9 Å². The monoisotopic (exact) mass is 276 g/mol. The molecule has 17 heavy (non-hydrogen) atoms. The van der Waals surface area contributed by atoms with Crippen LogP contribution in [-0.2, 0) is 16.4 Å². The third kappa shape index (κ3) is 2.91. The number of rotatable bonds is 3. The Morgan fingerprint density at radius 1 is 1.47 bits per heavy atom. The molecule has 1 saturated heterocycles. The lowest BCUT2D eigenvalue weighted by Gasteiger charge is -2.16. The predicted octanol–water partition coefficient (Wildman–Crippen LogP) is 1.40. The maximum absolute atomic E-state index is 11.3. The molecule has 0 bridgehead atoms. The van der Waals surface area contributed by atoms with Crippen LogP contribution in [0.5, 0.6) is 5.75 Å². The van der Waals surface area contributed by atoms with E-state index in [-0.39, 0.29) is 24.2 Å². The first-order valence-electron chi connectivity index (χ1n) is 5.27. The third-order valence-electron chi connectivity index (χ3n) is 2.69. The number of para-hydroxylation sites is 1. The SMILES string of the molecule is O=S1(=O)CCC(Oc2c(Cl)cccc2CO)C1. The molecule has 0 saturated carbocycles. The second-order valence-corrected chi connectivity index (χ2v) is 6.67. The zero-order valence-corrected chi connectivity index (χ0v) is 10.7. The van der Waals surface area contributed by atoms with Crippen molar-refractivity contribution in [2.75, 3.05) is 11.5 Å². The van der Waals surface area contributed by atoms with E-state index >= 15 is 0 Å². The van der Waals surface area contributed by atoms with Crippen LogP contribution in [0.2, 0.25) is 5.02 Å². The first-order valence-corrected chi connectivity index (χ1v) is 7.47. The molecule has 1 aromatic carbocycles. The lowest BCUT2D eigenvalue weighted by molar-refractivity contribution is 0.215. The Bertz CT molecular complexity index is 512. The molecule has 0 aromatic heterocycles.